The van der Waals surface area contributed by atoms with Gasteiger partial charge in [0.15, 0.2) is 12.4 Å². The van der Waals surface area contributed by atoms with E-state index in [2.05, 4.69) is 15.3 Å². The van der Waals surface area contributed by atoms with Crippen LogP contribution in [0.15, 0.2) is 67.0 Å². The third-order valence-electron chi connectivity index (χ3n) is 3.68. The minimum atomic E-state index is -0.248. The second-order valence-corrected chi connectivity index (χ2v) is 5.46. The van der Waals surface area contributed by atoms with Crippen LogP contribution in [0.5, 0.6) is 5.75 Å². The van der Waals surface area contributed by atoms with Crippen LogP contribution in [-0.4, -0.2) is 22.5 Å². The maximum Gasteiger partial charge on any atom is 0.262 e. The molecule has 0 aliphatic rings. The Morgan fingerprint density at radius 3 is 2.40 bits per heavy atom. The summed E-state index contributed by atoms with van der Waals surface area (Å²) in [5, 5.41) is 2.74. The quantitative estimate of drug-likeness (QED) is 0.746. The molecule has 1 amide bonds. The zero-order valence-corrected chi connectivity index (χ0v) is 14.0. The number of anilines is 1. The normalized spacial score (nSPS) is 10.3. The number of ether oxygens (including phenoxy) is 1. The van der Waals surface area contributed by atoms with Gasteiger partial charge in [-0.25, -0.2) is 9.97 Å². The van der Waals surface area contributed by atoms with E-state index in [0.717, 1.165) is 23.3 Å². The third kappa shape index (κ3) is 4.41. The molecule has 0 saturated carbocycles. The summed E-state index contributed by atoms with van der Waals surface area (Å²) in [6, 6.07) is 17.4. The topological polar surface area (TPSA) is 64.1 Å². The van der Waals surface area contributed by atoms with E-state index in [1.165, 1.54) is 0 Å². The van der Waals surface area contributed by atoms with Gasteiger partial charge in [0.05, 0.1) is 18.1 Å². The van der Waals surface area contributed by atoms with Crippen LogP contribution in [0, 0.1) is 0 Å². The molecule has 1 N–H and O–H groups in total. The van der Waals surface area contributed by atoms with Crippen LogP contribution in [0.25, 0.3) is 11.4 Å². The summed E-state index contributed by atoms with van der Waals surface area (Å²) in [5.41, 5.74) is 2.54. The average Bonchev–Trinajstić information content (AvgIpc) is 2.68. The molecule has 1 aromatic heterocycles. The van der Waals surface area contributed by atoms with Crippen LogP contribution in [0.1, 0.15) is 12.5 Å². The fourth-order valence-corrected chi connectivity index (χ4v) is 2.41. The van der Waals surface area contributed by atoms with Crippen LogP contribution in [-0.2, 0) is 11.2 Å². The minimum Gasteiger partial charge on any atom is -0.483 e. The fourth-order valence-electron chi connectivity index (χ4n) is 2.41. The Balaban J connectivity index is 1.58. The Hall–Kier alpha value is -3.21. The molecule has 0 aliphatic carbocycles. The summed E-state index contributed by atoms with van der Waals surface area (Å²) >= 11 is 0. The highest BCUT2D eigenvalue weighted by Gasteiger charge is 2.07. The maximum atomic E-state index is 12.0. The number of rotatable bonds is 6. The van der Waals surface area contributed by atoms with Crippen molar-refractivity contribution in [1.82, 2.24) is 9.97 Å². The van der Waals surface area contributed by atoms with E-state index < -0.39 is 0 Å². The van der Waals surface area contributed by atoms with Crippen molar-refractivity contribution < 1.29 is 9.53 Å². The zero-order chi connectivity index (χ0) is 17.5. The largest absolute Gasteiger partial charge is 0.483 e. The molecule has 1 heterocycles. The Kier molecular flexibility index (Phi) is 5.36. The lowest BCUT2D eigenvalue weighted by molar-refractivity contribution is -0.118. The highest BCUT2D eigenvalue weighted by atomic mass is 16.5. The predicted octanol–water partition coefficient (Wildman–Crippen LogP) is 3.72. The van der Waals surface area contributed by atoms with Crippen molar-refractivity contribution in [3.8, 4) is 17.1 Å². The van der Waals surface area contributed by atoms with Crippen molar-refractivity contribution in [1.29, 1.82) is 0 Å². The molecule has 25 heavy (non-hydrogen) atoms. The molecular weight excluding hydrogens is 314 g/mol. The molecule has 0 aliphatic heterocycles. The monoisotopic (exact) mass is 333 g/mol. The molecule has 0 radical (unpaired) electrons. The smallest absolute Gasteiger partial charge is 0.262 e. The van der Waals surface area contributed by atoms with Gasteiger partial charge < -0.3 is 10.1 Å². The molecule has 0 atom stereocenters. The van der Waals surface area contributed by atoms with Crippen molar-refractivity contribution in [2.45, 2.75) is 13.3 Å². The zero-order valence-electron chi connectivity index (χ0n) is 14.0. The third-order valence-corrected chi connectivity index (χ3v) is 3.68. The van der Waals surface area contributed by atoms with Crippen LogP contribution in [0.4, 0.5) is 5.69 Å². The maximum absolute atomic E-state index is 12.0. The van der Waals surface area contributed by atoms with E-state index in [9.17, 15) is 4.79 Å². The Morgan fingerprint density at radius 1 is 1.00 bits per heavy atom. The predicted molar refractivity (Wildman–Crippen MR) is 97.4 cm³/mol. The van der Waals surface area contributed by atoms with Gasteiger partial charge in [-0.1, -0.05) is 55.5 Å². The van der Waals surface area contributed by atoms with E-state index in [1.54, 1.807) is 12.4 Å². The van der Waals surface area contributed by atoms with E-state index in [-0.39, 0.29) is 12.5 Å². The summed E-state index contributed by atoms with van der Waals surface area (Å²) < 4.78 is 5.60. The molecule has 5 heteroatoms. The van der Waals surface area contributed by atoms with Crippen molar-refractivity contribution in [3.05, 3.63) is 72.6 Å². The standard InChI is InChI=1S/C20H19N3O2/c1-2-15-8-6-7-11-18(15)25-14-19(24)23-17-12-21-20(22-13-17)16-9-4-3-5-10-16/h3-13H,2,14H2,1H3,(H,23,24). The first-order chi connectivity index (χ1) is 12.3. The number of para-hydroxylation sites is 1. The Morgan fingerprint density at radius 2 is 1.68 bits per heavy atom. The number of amides is 1. The Labute approximate surface area is 146 Å². The van der Waals surface area contributed by atoms with Gasteiger partial charge in [-0.3, -0.25) is 4.79 Å². The molecule has 0 unspecified atom stereocenters. The second-order valence-electron chi connectivity index (χ2n) is 5.46. The average molecular weight is 333 g/mol. The number of aryl methyl sites for hydroxylation is 1. The molecule has 0 fully saturated rings. The summed E-state index contributed by atoms with van der Waals surface area (Å²) in [6.45, 7) is 1.99. The molecule has 0 saturated heterocycles. The SMILES string of the molecule is CCc1ccccc1OCC(=O)Nc1cnc(-c2ccccc2)nc1. The molecule has 3 aromatic rings. The minimum absolute atomic E-state index is 0.0581. The number of carbonyl (C=O) groups excluding carboxylic acids is 1. The Bertz CT molecular complexity index is 833. The summed E-state index contributed by atoms with van der Waals surface area (Å²) in [6.07, 6.45) is 4.03. The van der Waals surface area contributed by atoms with Crippen LogP contribution in [0.2, 0.25) is 0 Å². The van der Waals surface area contributed by atoms with Crippen molar-refractivity contribution in [3.63, 3.8) is 0 Å². The van der Waals surface area contributed by atoms with Crippen molar-refractivity contribution in [2.75, 3.05) is 11.9 Å². The molecule has 3 rings (SSSR count). The fraction of sp³-hybridized carbons (Fsp3) is 0.150. The van der Waals surface area contributed by atoms with Gasteiger partial charge in [0.1, 0.15) is 5.75 Å². The van der Waals surface area contributed by atoms with E-state index in [4.69, 9.17) is 4.74 Å². The van der Waals surface area contributed by atoms with Crippen LogP contribution < -0.4 is 10.1 Å². The van der Waals surface area contributed by atoms with Crippen molar-refractivity contribution in [2.24, 2.45) is 0 Å². The molecular formula is C20H19N3O2. The first kappa shape index (κ1) is 16.6. The van der Waals surface area contributed by atoms with Crippen LogP contribution in [0.3, 0.4) is 0 Å². The van der Waals surface area contributed by atoms with Gasteiger partial charge in [-0.05, 0) is 18.1 Å². The summed E-state index contributed by atoms with van der Waals surface area (Å²) in [5.74, 6) is 1.10. The lowest BCUT2D eigenvalue weighted by Crippen LogP contribution is -2.20. The van der Waals surface area contributed by atoms with Crippen molar-refractivity contribution >= 4 is 11.6 Å². The van der Waals surface area contributed by atoms with Gasteiger partial charge >= 0.3 is 0 Å². The second kappa shape index (κ2) is 8.06. The number of benzene rings is 2. The number of aromatic nitrogens is 2. The highest BCUT2D eigenvalue weighted by molar-refractivity contribution is 5.91. The van der Waals surface area contributed by atoms with E-state index in [1.807, 2.05) is 61.5 Å². The van der Waals surface area contributed by atoms with Crippen LogP contribution >= 0.6 is 0 Å². The lowest BCUT2D eigenvalue weighted by Gasteiger charge is -2.10. The highest BCUT2D eigenvalue weighted by Crippen LogP contribution is 2.18. The van der Waals surface area contributed by atoms with Gasteiger partial charge in [0.2, 0.25) is 0 Å². The van der Waals surface area contributed by atoms with Gasteiger partial charge in [-0.15, -0.1) is 0 Å². The summed E-state index contributed by atoms with van der Waals surface area (Å²) in [7, 11) is 0. The van der Waals surface area contributed by atoms with Gasteiger partial charge in [-0.2, -0.15) is 0 Å². The number of hydrogen-bond acceptors (Lipinski definition) is 4. The van der Waals surface area contributed by atoms with Gasteiger partial charge in [0.25, 0.3) is 5.91 Å². The van der Waals surface area contributed by atoms with E-state index >= 15 is 0 Å². The molecule has 2 aromatic carbocycles. The molecule has 0 bridgehead atoms. The van der Waals surface area contributed by atoms with E-state index in [0.29, 0.717) is 11.5 Å². The molecule has 0 spiro atoms. The number of nitrogens with zero attached hydrogens (tertiary/aromatic N) is 2. The molecule has 5 nitrogen and oxygen atoms in total. The number of hydrogen-bond donors (Lipinski definition) is 1. The first-order valence-corrected chi connectivity index (χ1v) is 8.14. The van der Waals surface area contributed by atoms with Gasteiger partial charge in [0, 0.05) is 5.56 Å². The molecule has 126 valence electrons. The lowest BCUT2D eigenvalue weighted by atomic mass is 10.1. The number of carbonyl (C=O) groups is 1. The first-order valence-electron chi connectivity index (χ1n) is 8.14. The number of nitrogens with one attached hydrogen (secondary N) is 1. The summed E-state index contributed by atoms with van der Waals surface area (Å²) in [4.78, 5) is 20.6.